The van der Waals surface area contributed by atoms with Gasteiger partial charge in [0.2, 0.25) is 0 Å². The molecule has 1 aliphatic heterocycles. The molecule has 108 valence electrons. The van der Waals surface area contributed by atoms with E-state index in [9.17, 15) is 9.90 Å². The number of carbonyl (C=O) groups is 1. The van der Waals surface area contributed by atoms with Crippen molar-refractivity contribution in [2.24, 2.45) is 5.92 Å². The molecule has 1 aromatic rings. The Morgan fingerprint density at radius 3 is 2.75 bits per heavy atom. The average molecular weight is 273 g/mol. The molecule has 3 rings (SSSR count). The van der Waals surface area contributed by atoms with E-state index in [0.29, 0.717) is 13.1 Å². The smallest absolute Gasteiger partial charge is 0.253 e. The lowest BCUT2D eigenvalue weighted by molar-refractivity contribution is -0.0886. The number of amides is 1. The molecule has 0 aromatic heterocycles. The Labute approximate surface area is 120 Å². The average Bonchev–Trinajstić information content (AvgIpc) is 2.46. The second-order valence-corrected chi connectivity index (χ2v) is 6.41. The predicted molar refractivity (Wildman–Crippen MR) is 78.6 cm³/mol. The number of hydrogen-bond donors (Lipinski definition) is 1. The molecule has 0 radical (unpaired) electrons. The van der Waals surface area contributed by atoms with Crippen LogP contribution in [0.25, 0.3) is 0 Å². The Morgan fingerprint density at radius 2 is 2.00 bits per heavy atom. The molecule has 1 amide bonds. The Hall–Kier alpha value is -1.35. The summed E-state index contributed by atoms with van der Waals surface area (Å²) in [6.45, 7) is 3.42. The van der Waals surface area contributed by atoms with Crippen molar-refractivity contribution in [2.75, 3.05) is 13.1 Å². The number of benzene rings is 1. The van der Waals surface area contributed by atoms with E-state index in [-0.39, 0.29) is 11.8 Å². The fourth-order valence-electron chi connectivity index (χ4n) is 3.63. The van der Waals surface area contributed by atoms with Gasteiger partial charge >= 0.3 is 0 Å². The Balaban J connectivity index is 1.72. The third kappa shape index (κ3) is 2.47. The van der Waals surface area contributed by atoms with E-state index in [4.69, 9.17) is 0 Å². The van der Waals surface area contributed by atoms with E-state index in [1.54, 1.807) is 0 Å². The lowest BCUT2D eigenvalue weighted by Gasteiger charge is -2.47. The van der Waals surface area contributed by atoms with E-state index >= 15 is 0 Å². The number of fused-ring (bicyclic) bond motifs is 1. The highest BCUT2D eigenvalue weighted by Crippen LogP contribution is 2.39. The highest BCUT2D eigenvalue weighted by atomic mass is 16.3. The number of carbonyl (C=O) groups excluding carboxylic acids is 1. The number of hydrogen-bond acceptors (Lipinski definition) is 2. The summed E-state index contributed by atoms with van der Waals surface area (Å²) >= 11 is 0. The SMILES string of the molecule is Cc1ccc(C(=O)N2CC[C@]3(O)CCCC[C@H]3C2)cc1. The van der Waals surface area contributed by atoms with Gasteiger partial charge in [-0.15, -0.1) is 0 Å². The van der Waals surface area contributed by atoms with Crippen molar-refractivity contribution < 1.29 is 9.90 Å². The fraction of sp³-hybridized carbons (Fsp3) is 0.588. The van der Waals surface area contributed by atoms with E-state index in [0.717, 1.165) is 31.2 Å². The summed E-state index contributed by atoms with van der Waals surface area (Å²) in [5.74, 6) is 0.372. The van der Waals surface area contributed by atoms with Crippen molar-refractivity contribution in [3.8, 4) is 0 Å². The summed E-state index contributed by atoms with van der Waals surface area (Å²) in [5, 5.41) is 10.7. The first-order valence-electron chi connectivity index (χ1n) is 7.67. The summed E-state index contributed by atoms with van der Waals surface area (Å²) in [6.07, 6.45) is 4.99. The van der Waals surface area contributed by atoms with Crippen LogP contribution in [0.3, 0.4) is 0 Å². The van der Waals surface area contributed by atoms with Gasteiger partial charge in [-0.1, -0.05) is 30.5 Å². The maximum Gasteiger partial charge on any atom is 0.253 e. The number of rotatable bonds is 1. The van der Waals surface area contributed by atoms with Crippen molar-refractivity contribution in [1.82, 2.24) is 4.90 Å². The number of aliphatic hydroxyl groups is 1. The monoisotopic (exact) mass is 273 g/mol. The zero-order valence-corrected chi connectivity index (χ0v) is 12.1. The van der Waals surface area contributed by atoms with Crippen LogP contribution in [0, 0.1) is 12.8 Å². The third-order valence-electron chi connectivity index (χ3n) is 5.01. The Bertz CT molecular complexity index is 496. The molecule has 3 nitrogen and oxygen atoms in total. The van der Waals surface area contributed by atoms with Crippen LogP contribution in [0.4, 0.5) is 0 Å². The normalized spacial score (nSPS) is 29.9. The van der Waals surface area contributed by atoms with E-state index in [1.807, 2.05) is 36.1 Å². The first-order valence-corrected chi connectivity index (χ1v) is 7.67. The summed E-state index contributed by atoms with van der Waals surface area (Å²) in [6, 6.07) is 7.76. The van der Waals surface area contributed by atoms with E-state index in [1.165, 1.54) is 12.0 Å². The molecule has 2 atom stereocenters. The zero-order valence-electron chi connectivity index (χ0n) is 12.1. The molecule has 20 heavy (non-hydrogen) atoms. The molecule has 2 aliphatic rings. The number of likely N-dealkylation sites (tertiary alicyclic amines) is 1. The fourth-order valence-corrected chi connectivity index (χ4v) is 3.63. The summed E-state index contributed by atoms with van der Waals surface area (Å²) < 4.78 is 0. The van der Waals surface area contributed by atoms with Crippen molar-refractivity contribution in [3.05, 3.63) is 35.4 Å². The number of piperidine rings is 1. The van der Waals surface area contributed by atoms with Gasteiger partial charge in [0, 0.05) is 24.6 Å². The Kier molecular flexibility index (Phi) is 3.55. The molecule has 1 heterocycles. The number of nitrogens with zero attached hydrogens (tertiary/aromatic N) is 1. The minimum Gasteiger partial charge on any atom is -0.389 e. The molecule has 1 N–H and O–H groups in total. The summed E-state index contributed by atoms with van der Waals surface area (Å²) in [5.41, 5.74) is 1.42. The van der Waals surface area contributed by atoms with Gasteiger partial charge < -0.3 is 10.0 Å². The lowest BCUT2D eigenvalue weighted by atomic mass is 9.71. The van der Waals surface area contributed by atoms with E-state index < -0.39 is 5.60 Å². The van der Waals surface area contributed by atoms with Gasteiger partial charge in [0.15, 0.2) is 0 Å². The molecule has 0 spiro atoms. The summed E-state index contributed by atoms with van der Waals surface area (Å²) in [4.78, 5) is 14.5. The summed E-state index contributed by atoms with van der Waals surface area (Å²) in [7, 11) is 0. The molecule has 1 saturated carbocycles. The molecule has 1 aliphatic carbocycles. The van der Waals surface area contributed by atoms with Crippen LogP contribution in [-0.2, 0) is 0 Å². The van der Waals surface area contributed by atoms with Crippen molar-refractivity contribution in [3.63, 3.8) is 0 Å². The molecular weight excluding hydrogens is 250 g/mol. The van der Waals surface area contributed by atoms with Crippen molar-refractivity contribution >= 4 is 5.91 Å². The highest BCUT2D eigenvalue weighted by Gasteiger charge is 2.43. The minimum absolute atomic E-state index is 0.109. The van der Waals surface area contributed by atoms with Gasteiger partial charge in [-0.2, -0.15) is 0 Å². The maximum absolute atomic E-state index is 12.5. The first kappa shape index (κ1) is 13.6. The zero-order chi connectivity index (χ0) is 14.2. The lowest BCUT2D eigenvalue weighted by Crippen LogP contribution is -2.54. The predicted octanol–water partition coefficient (Wildman–Crippen LogP) is 2.76. The highest BCUT2D eigenvalue weighted by molar-refractivity contribution is 5.94. The van der Waals surface area contributed by atoms with Gasteiger partial charge in [0.1, 0.15) is 0 Å². The van der Waals surface area contributed by atoms with Crippen LogP contribution in [0.5, 0.6) is 0 Å². The van der Waals surface area contributed by atoms with Crippen LogP contribution in [0.2, 0.25) is 0 Å². The van der Waals surface area contributed by atoms with Gasteiger partial charge in [0.05, 0.1) is 5.60 Å². The molecule has 0 unspecified atom stereocenters. The topological polar surface area (TPSA) is 40.5 Å². The van der Waals surface area contributed by atoms with Crippen LogP contribution >= 0.6 is 0 Å². The first-order chi connectivity index (χ1) is 9.58. The van der Waals surface area contributed by atoms with Crippen LogP contribution in [0.1, 0.15) is 48.0 Å². The molecular formula is C17H23NO2. The van der Waals surface area contributed by atoms with E-state index in [2.05, 4.69) is 0 Å². The van der Waals surface area contributed by atoms with Gasteiger partial charge in [-0.3, -0.25) is 4.79 Å². The quantitative estimate of drug-likeness (QED) is 0.854. The molecule has 3 heteroatoms. The van der Waals surface area contributed by atoms with Gasteiger partial charge in [-0.05, 0) is 38.3 Å². The second kappa shape index (κ2) is 5.21. The molecule has 0 bridgehead atoms. The van der Waals surface area contributed by atoms with Crippen LogP contribution in [0.15, 0.2) is 24.3 Å². The van der Waals surface area contributed by atoms with Gasteiger partial charge in [0.25, 0.3) is 5.91 Å². The van der Waals surface area contributed by atoms with Crippen LogP contribution < -0.4 is 0 Å². The minimum atomic E-state index is -0.512. The molecule has 2 fully saturated rings. The molecule has 1 aromatic carbocycles. The molecule has 1 saturated heterocycles. The van der Waals surface area contributed by atoms with Crippen molar-refractivity contribution in [2.45, 2.75) is 44.6 Å². The Morgan fingerprint density at radius 1 is 1.25 bits per heavy atom. The number of aryl methyl sites for hydroxylation is 1. The largest absolute Gasteiger partial charge is 0.389 e. The van der Waals surface area contributed by atoms with Gasteiger partial charge in [-0.25, -0.2) is 0 Å². The standard InChI is InChI=1S/C17H23NO2/c1-13-5-7-14(8-6-13)16(19)18-11-10-17(20)9-3-2-4-15(17)12-18/h5-8,15,20H,2-4,9-12H2,1H3/t15-,17+/m0/s1. The van der Waals surface area contributed by atoms with Crippen LogP contribution in [-0.4, -0.2) is 34.6 Å². The van der Waals surface area contributed by atoms with Crippen molar-refractivity contribution in [1.29, 1.82) is 0 Å². The third-order valence-corrected chi connectivity index (χ3v) is 5.01. The maximum atomic E-state index is 12.5. The second-order valence-electron chi connectivity index (χ2n) is 6.41.